The highest BCUT2D eigenvalue weighted by Gasteiger charge is 2.04. The van der Waals surface area contributed by atoms with E-state index in [0.717, 1.165) is 5.56 Å². The van der Waals surface area contributed by atoms with E-state index in [2.05, 4.69) is 10.6 Å². The van der Waals surface area contributed by atoms with Crippen molar-refractivity contribution in [2.24, 2.45) is 0 Å². The summed E-state index contributed by atoms with van der Waals surface area (Å²) < 4.78 is 0. The fourth-order valence-corrected chi connectivity index (χ4v) is 1.91. The molecule has 0 bridgehead atoms. The lowest BCUT2D eigenvalue weighted by Crippen LogP contribution is -2.35. The fraction of sp³-hybridized carbons (Fsp3) is 0.357. The average Bonchev–Trinajstić information content (AvgIpc) is 2.50. The van der Waals surface area contributed by atoms with Crippen LogP contribution >= 0.6 is 23.2 Å². The Balaban J connectivity index is 0.000000754. The van der Waals surface area contributed by atoms with E-state index in [9.17, 15) is 4.79 Å². The summed E-state index contributed by atoms with van der Waals surface area (Å²) in [6, 6.07) is 5.30. The molecule has 0 atom stereocenters. The molecule has 0 aromatic heterocycles. The number of carbonyl (C=O) groups excluding carboxylic acids is 1. The molecule has 0 radical (unpaired) electrons. The number of nitrogens with one attached hydrogen (secondary N) is 2. The van der Waals surface area contributed by atoms with Gasteiger partial charge in [-0.2, -0.15) is 0 Å². The number of aliphatic carboxylic acids is 2. The number of hydrogen-bond donors (Lipinski definition) is 5. The van der Waals surface area contributed by atoms with Gasteiger partial charge in [0.15, 0.2) is 0 Å². The minimum Gasteiger partial charge on any atom is -0.473 e. The third-order valence-electron chi connectivity index (χ3n) is 2.49. The van der Waals surface area contributed by atoms with Crippen molar-refractivity contribution in [3.05, 3.63) is 33.8 Å². The van der Waals surface area contributed by atoms with Crippen LogP contribution in [0, 0.1) is 0 Å². The number of rotatable bonds is 7. The van der Waals surface area contributed by atoms with Gasteiger partial charge in [0, 0.05) is 23.1 Å². The Morgan fingerprint density at radius 1 is 1.04 bits per heavy atom. The van der Waals surface area contributed by atoms with E-state index in [1.54, 1.807) is 12.1 Å². The predicted molar refractivity (Wildman–Crippen MR) is 88.4 cm³/mol. The smallest absolute Gasteiger partial charge is 0.414 e. The molecule has 0 aliphatic heterocycles. The lowest BCUT2D eigenvalue weighted by atomic mass is 10.1. The lowest BCUT2D eigenvalue weighted by Gasteiger charge is -2.07. The van der Waals surface area contributed by atoms with Crippen molar-refractivity contribution in [1.82, 2.24) is 10.6 Å². The zero-order valence-electron chi connectivity index (χ0n) is 12.6. The maximum Gasteiger partial charge on any atom is 0.414 e. The highest BCUT2D eigenvalue weighted by molar-refractivity contribution is 6.35. The first-order chi connectivity index (χ1) is 11.3. The molecule has 0 fully saturated rings. The molecule has 134 valence electrons. The van der Waals surface area contributed by atoms with E-state index in [-0.39, 0.29) is 19.1 Å². The molecule has 0 spiro atoms. The fourth-order valence-electron chi connectivity index (χ4n) is 1.40. The van der Waals surface area contributed by atoms with Crippen LogP contribution in [0.15, 0.2) is 18.2 Å². The van der Waals surface area contributed by atoms with Crippen molar-refractivity contribution < 1.29 is 29.7 Å². The predicted octanol–water partition coefficient (Wildman–Crippen LogP) is 0.390. The number of carbonyl (C=O) groups is 3. The number of halogens is 2. The van der Waals surface area contributed by atoms with Gasteiger partial charge in [0.25, 0.3) is 0 Å². The van der Waals surface area contributed by atoms with Crippen LogP contribution in [-0.4, -0.2) is 59.4 Å². The van der Waals surface area contributed by atoms with Crippen molar-refractivity contribution in [2.75, 3.05) is 26.2 Å². The monoisotopic (exact) mass is 380 g/mol. The minimum absolute atomic E-state index is 0.0215. The number of carboxylic acid groups (broad SMARTS) is 2. The first kappa shape index (κ1) is 22.1. The molecule has 0 aliphatic rings. The second-order valence-corrected chi connectivity index (χ2v) is 5.19. The molecule has 0 unspecified atom stereocenters. The van der Waals surface area contributed by atoms with E-state index < -0.39 is 11.9 Å². The molecule has 10 heteroatoms. The van der Waals surface area contributed by atoms with Crippen molar-refractivity contribution in [3.8, 4) is 0 Å². The van der Waals surface area contributed by atoms with Crippen LogP contribution in [0.5, 0.6) is 0 Å². The second-order valence-electron chi connectivity index (χ2n) is 4.35. The molecule has 0 aliphatic carbocycles. The van der Waals surface area contributed by atoms with Gasteiger partial charge in [0.2, 0.25) is 5.91 Å². The molecule has 1 aromatic carbocycles. The molecule has 0 saturated carbocycles. The van der Waals surface area contributed by atoms with Gasteiger partial charge in [-0.05, 0) is 24.1 Å². The van der Waals surface area contributed by atoms with E-state index >= 15 is 0 Å². The van der Waals surface area contributed by atoms with Gasteiger partial charge < -0.3 is 26.0 Å². The van der Waals surface area contributed by atoms with E-state index in [0.29, 0.717) is 29.6 Å². The summed E-state index contributed by atoms with van der Waals surface area (Å²) in [6.45, 7) is 1.15. The van der Waals surface area contributed by atoms with Crippen molar-refractivity contribution in [3.63, 3.8) is 0 Å². The maximum absolute atomic E-state index is 11.3. The van der Waals surface area contributed by atoms with E-state index in [1.165, 1.54) is 0 Å². The van der Waals surface area contributed by atoms with Crippen LogP contribution in [0.2, 0.25) is 10.0 Å². The van der Waals surface area contributed by atoms with Crippen LogP contribution < -0.4 is 10.6 Å². The SMILES string of the molecule is O=C(CNCCO)NCCc1ccc(Cl)cc1Cl.O=C(O)C(=O)O. The number of amides is 1. The third-order valence-corrected chi connectivity index (χ3v) is 3.08. The van der Waals surface area contributed by atoms with Gasteiger partial charge >= 0.3 is 11.9 Å². The van der Waals surface area contributed by atoms with Gasteiger partial charge in [-0.1, -0.05) is 29.3 Å². The van der Waals surface area contributed by atoms with Gasteiger partial charge in [0.05, 0.1) is 13.2 Å². The van der Waals surface area contributed by atoms with Gasteiger partial charge in [-0.25, -0.2) is 9.59 Å². The summed E-state index contributed by atoms with van der Waals surface area (Å²) in [6.07, 6.45) is 0.655. The summed E-state index contributed by atoms with van der Waals surface area (Å²) in [4.78, 5) is 29.5. The van der Waals surface area contributed by atoms with Crippen molar-refractivity contribution in [1.29, 1.82) is 0 Å². The largest absolute Gasteiger partial charge is 0.473 e. The molecular weight excluding hydrogens is 363 g/mol. The molecule has 5 N–H and O–H groups in total. The van der Waals surface area contributed by atoms with Crippen LogP contribution in [0.1, 0.15) is 5.56 Å². The average molecular weight is 381 g/mol. The lowest BCUT2D eigenvalue weighted by molar-refractivity contribution is -0.159. The van der Waals surface area contributed by atoms with Crippen LogP contribution in [-0.2, 0) is 20.8 Å². The number of aliphatic hydroxyl groups excluding tert-OH is 1. The zero-order chi connectivity index (χ0) is 18.5. The van der Waals surface area contributed by atoms with Crippen molar-refractivity contribution >= 4 is 41.0 Å². The summed E-state index contributed by atoms with van der Waals surface area (Å²) >= 11 is 11.8. The summed E-state index contributed by atoms with van der Waals surface area (Å²) in [5.41, 5.74) is 0.949. The molecule has 24 heavy (non-hydrogen) atoms. The third kappa shape index (κ3) is 10.8. The normalized spacial score (nSPS) is 9.62. The standard InChI is InChI=1S/C12H16Cl2N2O2.C2H2O4/c13-10-2-1-9(11(14)7-10)3-4-16-12(18)8-15-5-6-17;3-1(4)2(5)6/h1-2,7,15,17H,3-6,8H2,(H,16,18);(H,3,4)(H,5,6). The Morgan fingerprint density at radius 3 is 2.17 bits per heavy atom. The van der Waals surface area contributed by atoms with E-state index in [4.69, 9.17) is 48.1 Å². The Kier molecular flexibility index (Phi) is 11.6. The molecule has 1 amide bonds. The Bertz CT molecular complexity index is 556. The van der Waals surface area contributed by atoms with Crippen LogP contribution in [0.4, 0.5) is 0 Å². The number of benzene rings is 1. The van der Waals surface area contributed by atoms with Gasteiger partial charge in [-0.15, -0.1) is 0 Å². The molecular formula is C14H18Cl2N2O6. The van der Waals surface area contributed by atoms with E-state index in [1.807, 2.05) is 6.07 Å². The van der Waals surface area contributed by atoms with Gasteiger partial charge in [-0.3, -0.25) is 4.79 Å². The molecule has 1 aromatic rings. The summed E-state index contributed by atoms with van der Waals surface area (Å²) in [7, 11) is 0. The zero-order valence-corrected chi connectivity index (χ0v) is 14.1. The highest BCUT2D eigenvalue weighted by Crippen LogP contribution is 2.20. The van der Waals surface area contributed by atoms with Crippen LogP contribution in [0.3, 0.4) is 0 Å². The van der Waals surface area contributed by atoms with Crippen LogP contribution in [0.25, 0.3) is 0 Å². The summed E-state index contributed by atoms with van der Waals surface area (Å²) in [5, 5.41) is 30.1. The van der Waals surface area contributed by atoms with Gasteiger partial charge in [0.1, 0.15) is 0 Å². The topological polar surface area (TPSA) is 136 Å². The number of hydrogen-bond acceptors (Lipinski definition) is 5. The molecule has 0 heterocycles. The quantitative estimate of drug-likeness (QED) is 0.341. The Labute approximate surface area is 148 Å². The minimum atomic E-state index is -1.82. The first-order valence-corrected chi connectivity index (χ1v) is 7.52. The number of aliphatic hydroxyl groups is 1. The number of carboxylic acids is 2. The second kappa shape index (κ2) is 12.5. The van der Waals surface area contributed by atoms with Crippen molar-refractivity contribution in [2.45, 2.75) is 6.42 Å². The first-order valence-electron chi connectivity index (χ1n) is 6.76. The Morgan fingerprint density at radius 2 is 1.67 bits per heavy atom. The molecule has 0 saturated heterocycles. The Hall–Kier alpha value is -1.87. The summed E-state index contributed by atoms with van der Waals surface area (Å²) in [5.74, 6) is -3.75. The maximum atomic E-state index is 11.3. The highest BCUT2D eigenvalue weighted by atomic mass is 35.5. The molecule has 8 nitrogen and oxygen atoms in total. The molecule has 1 rings (SSSR count).